The number of aryl methyl sites for hydroxylation is 1. The second-order valence-electron chi connectivity index (χ2n) is 6.10. The lowest BCUT2D eigenvalue weighted by Gasteiger charge is -2.23. The average Bonchev–Trinajstić information content (AvgIpc) is 2.91. The number of benzene rings is 1. The molecule has 1 fully saturated rings. The summed E-state index contributed by atoms with van der Waals surface area (Å²) in [5.41, 5.74) is 1.59. The summed E-state index contributed by atoms with van der Waals surface area (Å²) in [4.78, 5) is 6.64. The third-order valence-electron chi connectivity index (χ3n) is 4.45. The number of nitrogens with zero attached hydrogens (tertiary/aromatic N) is 2. The number of rotatable bonds is 4. The van der Waals surface area contributed by atoms with E-state index in [2.05, 4.69) is 27.6 Å². The van der Waals surface area contributed by atoms with Crippen molar-refractivity contribution in [3.63, 3.8) is 0 Å². The molecule has 1 aromatic rings. The molecule has 2 atom stereocenters. The molecular formula is C17H28FIN4. The van der Waals surface area contributed by atoms with Crippen LogP contribution in [0.3, 0.4) is 0 Å². The Morgan fingerprint density at radius 1 is 1.48 bits per heavy atom. The molecule has 23 heavy (non-hydrogen) atoms. The van der Waals surface area contributed by atoms with Gasteiger partial charge >= 0.3 is 0 Å². The van der Waals surface area contributed by atoms with Crippen molar-refractivity contribution in [1.82, 2.24) is 15.5 Å². The lowest BCUT2D eigenvalue weighted by molar-refractivity contribution is 0.309. The number of hydrogen-bond acceptors (Lipinski definition) is 2. The number of likely N-dealkylation sites (tertiary alicyclic amines) is 1. The van der Waals surface area contributed by atoms with Crippen LogP contribution in [0.1, 0.15) is 36.9 Å². The second-order valence-corrected chi connectivity index (χ2v) is 6.10. The van der Waals surface area contributed by atoms with Gasteiger partial charge in [-0.3, -0.25) is 4.99 Å². The van der Waals surface area contributed by atoms with Gasteiger partial charge in [0.1, 0.15) is 5.82 Å². The average molecular weight is 434 g/mol. The van der Waals surface area contributed by atoms with Crippen LogP contribution in [-0.2, 0) is 0 Å². The maximum atomic E-state index is 13.7. The van der Waals surface area contributed by atoms with Gasteiger partial charge in [-0.15, -0.1) is 24.0 Å². The van der Waals surface area contributed by atoms with E-state index in [4.69, 9.17) is 0 Å². The molecule has 1 heterocycles. The molecule has 0 spiro atoms. The van der Waals surface area contributed by atoms with Gasteiger partial charge in [0.25, 0.3) is 0 Å². The predicted molar refractivity (Wildman–Crippen MR) is 105 cm³/mol. The van der Waals surface area contributed by atoms with Crippen LogP contribution in [-0.4, -0.2) is 44.1 Å². The van der Waals surface area contributed by atoms with Gasteiger partial charge in [0.2, 0.25) is 0 Å². The highest BCUT2D eigenvalue weighted by atomic mass is 127. The van der Waals surface area contributed by atoms with E-state index in [0.717, 1.165) is 24.6 Å². The van der Waals surface area contributed by atoms with Crippen molar-refractivity contribution in [2.45, 2.75) is 38.8 Å². The maximum absolute atomic E-state index is 13.7. The van der Waals surface area contributed by atoms with Gasteiger partial charge in [-0.25, -0.2) is 4.39 Å². The van der Waals surface area contributed by atoms with Crippen LogP contribution < -0.4 is 10.6 Å². The predicted octanol–water partition coefficient (Wildman–Crippen LogP) is 3.07. The summed E-state index contributed by atoms with van der Waals surface area (Å²) >= 11 is 0. The van der Waals surface area contributed by atoms with Gasteiger partial charge in [-0.1, -0.05) is 12.1 Å². The summed E-state index contributed by atoms with van der Waals surface area (Å²) in [5, 5.41) is 6.69. The molecule has 1 saturated heterocycles. The van der Waals surface area contributed by atoms with Gasteiger partial charge in [0.05, 0.1) is 6.04 Å². The molecule has 1 aliphatic rings. The molecule has 0 aromatic heterocycles. The highest BCUT2D eigenvalue weighted by Crippen LogP contribution is 2.16. The van der Waals surface area contributed by atoms with Crippen LogP contribution in [0, 0.1) is 12.7 Å². The SMILES string of the molecule is CN=C(NCC1CCCN1C)NC(C)c1ccc(C)c(F)c1.I. The van der Waals surface area contributed by atoms with Crippen LogP contribution >= 0.6 is 24.0 Å². The first-order valence-electron chi connectivity index (χ1n) is 7.94. The fourth-order valence-corrected chi connectivity index (χ4v) is 2.81. The first-order chi connectivity index (χ1) is 10.5. The Balaban J connectivity index is 0.00000264. The molecule has 1 aromatic carbocycles. The van der Waals surface area contributed by atoms with Crippen LogP contribution in [0.25, 0.3) is 0 Å². The summed E-state index contributed by atoms with van der Waals surface area (Å²) in [6, 6.07) is 5.92. The summed E-state index contributed by atoms with van der Waals surface area (Å²) in [6.45, 7) is 5.83. The summed E-state index contributed by atoms with van der Waals surface area (Å²) in [7, 11) is 3.92. The normalized spacial score (nSPS) is 20.0. The quantitative estimate of drug-likeness (QED) is 0.435. The number of aliphatic imine (C=N–C) groups is 1. The van der Waals surface area contributed by atoms with Gasteiger partial charge in [0.15, 0.2) is 5.96 Å². The zero-order valence-corrected chi connectivity index (χ0v) is 16.7. The number of halogens is 2. The van der Waals surface area contributed by atoms with Crippen molar-refractivity contribution in [2.24, 2.45) is 4.99 Å². The topological polar surface area (TPSA) is 39.7 Å². The highest BCUT2D eigenvalue weighted by Gasteiger charge is 2.21. The van der Waals surface area contributed by atoms with E-state index in [-0.39, 0.29) is 35.8 Å². The fraction of sp³-hybridized carbons (Fsp3) is 0.588. The largest absolute Gasteiger partial charge is 0.355 e. The zero-order valence-electron chi connectivity index (χ0n) is 14.4. The van der Waals surface area contributed by atoms with Gasteiger partial charge in [0, 0.05) is 19.6 Å². The van der Waals surface area contributed by atoms with E-state index in [1.165, 1.54) is 12.8 Å². The number of guanidine groups is 1. The molecule has 0 bridgehead atoms. The van der Waals surface area contributed by atoms with Crippen LogP contribution in [0.2, 0.25) is 0 Å². The summed E-state index contributed by atoms with van der Waals surface area (Å²) < 4.78 is 13.7. The van der Waals surface area contributed by atoms with E-state index >= 15 is 0 Å². The monoisotopic (exact) mass is 434 g/mol. The Morgan fingerprint density at radius 3 is 2.78 bits per heavy atom. The van der Waals surface area contributed by atoms with Crippen molar-refractivity contribution >= 4 is 29.9 Å². The van der Waals surface area contributed by atoms with Crippen molar-refractivity contribution in [1.29, 1.82) is 0 Å². The Kier molecular flexibility index (Phi) is 8.25. The Labute approximate surface area is 156 Å². The molecule has 2 rings (SSSR count). The highest BCUT2D eigenvalue weighted by molar-refractivity contribution is 14.0. The molecule has 4 nitrogen and oxygen atoms in total. The maximum Gasteiger partial charge on any atom is 0.191 e. The first-order valence-corrected chi connectivity index (χ1v) is 7.94. The van der Waals surface area contributed by atoms with Crippen molar-refractivity contribution in [3.05, 3.63) is 35.1 Å². The smallest absolute Gasteiger partial charge is 0.191 e. The van der Waals surface area contributed by atoms with Gasteiger partial charge in [-0.05, 0) is 57.5 Å². The minimum Gasteiger partial charge on any atom is -0.355 e. The molecule has 2 N–H and O–H groups in total. The molecule has 0 amide bonds. The van der Waals surface area contributed by atoms with Crippen LogP contribution in [0.15, 0.2) is 23.2 Å². The first kappa shape index (κ1) is 20.2. The number of likely N-dealkylation sites (N-methyl/N-ethyl adjacent to an activating group) is 1. The molecule has 130 valence electrons. The van der Waals surface area contributed by atoms with Crippen molar-refractivity contribution in [3.8, 4) is 0 Å². The third kappa shape index (κ3) is 5.60. The van der Waals surface area contributed by atoms with Crippen LogP contribution in [0.4, 0.5) is 4.39 Å². The lowest BCUT2D eigenvalue weighted by atomic mass is 10.1. The van der Waals surface area contributed by atoms with Crippen LogP contribution in [0.5, 0.6) is 0 Å². The Morgan fingerprint density at radius 2 is 2.22 bits per heavy atom. The zero-order chi connectivity index (χ0) is 16.1. The second kappa shape index (κ2) is 9.42. The summed E-state index contributed by atoms with van der Waals surface area (Å²) in [6.07, 6.45) is 2.48. The molecule has 2 unspecified atom stereocenters. The fourth-order valence-electron chi connectivity index (χ4n) is 2.81. The van der Waals surface area contributed by atoms with E-state index < -0.39 is 0 Å². The van der Waals surface area contributed by atoms with E-state index in [0.29, 0.717) is 11.6 Å². The van der Waals surface area contributed by atoms with Gasteiger partial charge in [-0.2, -0.15) is 0 Å². The minimum atomic E-state index is -0.165. The standard InChI is InChI=1S/C17H27FN4.HI/c1-12-7-8-14(10-16(12)18)13(2)21-17(19-3)20-11-15-6-5-9-22(15)4;/h7-8,10,13,15H,5-6,9,11H2,1-4H3,(H2,19,20,21);1H. The van der Waals surface area contributed by atoms with E-state index in [9.17, 15) is 4.39 Å². The molecule has 6 heteroatoms. The lowest BCUT2D eigenvalue weighted by Crippen LogP contribution is -2.44. The molecule has 0 saturated carbocycles. The molecule has 0 aliphatic carbocycles. The number of nitrogens with one attached hydrogen (secondary N) is 2. The minimum absolute atomic E-state index is 0. The van der Waals surface area contributed by atoms with Crippen molar-refractivity contribution in [2.75, 3.05) is 27.2 Å². The Hall–Kier alpha value is -0.890. The summed E-state index contributed by atoms with van der Waals surface area (Å²) in [5.74, 6) is 0.593. The van der Waals surface area contributed by atoms with E-state index in [1.807, 2.05) is 19.1 Å². The third-order valence-corrected chi connectivity index (χ3v) is 4.45. The molecule has 0 radical (unpaired) electrons. The number of hydrogen-bond donors (Lipinski definition) is 2. The molecule has 1 aliphatic heterocycles. The van der Waals surface area contributed by atoms with Crippen molar-refractivity contribution < 1.29 is 4.39 Å². The van der Waals surface area contributed by atoms with Gasteiger partial charge < -0.3 is 15.5 Å². The van der Waals surface area contributed by atoms with E-state index in [1.54, 1.807) is 20.0 Å². The Bertz CT molecular complexity index is 535. The molecular weight excluding hydrogens is 406 g/mol.